The molecule has 0 saturated carbocycles. The zero-order valence-electron chi connectivity index (χ0n) is 11.4. The summed E-state index contributed by atoms with van der Waals surface area (Å²) < 4.78 is 5.73. The Labute approximate surface area is 134 Å². The molecule has 1 aliphatic rings. The van der Waals surface area contributed by atoms with E-state index in [1.807, 2.05) is 36.4 Å². The van der Waals surface area contributed by atoms with E-state index in [9.17, 15) is 0 Å². The van der Waals surface area contributed by atoms with Gasteiger partial charge in [-0.2, -0.15) is 0 Å². The van der Waals surface area contributed by atoms with E-state index >= 15 is 0 Å². The molecule has 21 heavy (non-hydrogen) atoms. The summed E-state index contributed by atoms with van der Waals surface area (Å²) in [5.41, 5.74) is 5.20. The molecule has 3 rings (SSSR count). The standard InChI is InChI=1S/C16H16Cl2N2O/c17-13-6-5-10(7-14(13)18)8-15(20-19)12-9-21-16-4-2-1-3-11(12)16/h1-7,12,15,20H,8-9,19H2. The predicted octanol–water partition coefficient (Wildman–Crippen LogP) is 3.54. The van der Waals surface area contributed by atoms with E-state index in [4.69, 9.17) is 33.8 Å². The second-order valence-corrected chi connectivity index (χ2v) is 6.00. The first-order chi connectivity index (χ1) is 10.2. The number of rotatable bonds is 4. The molecule has 3 nitrogen and oxygen atoms in total. The number of para-hydroxylation sites is 1. The van der Waals surface area contributed by atoms with Crippen LogP contribution in [0.3, 0.4) is 0 Å². The van der Waals surface area contributed by atoms with Gasteiger partial charge in [0.1, 0.15) is 5.75 Å². The summed E-state index contributed by atoms with van der Waals surface area (Å²) in [6.45, 7) is 0.634. The smallest absolute Gasteiger partial charge is 0.122 e. The molecule has 0 saturated heterocycles. The van der Waals surface area contributed by atoms with Crippen molar-refractivity contribution >= 4 is 23.2 Å². The molecule has 0 amide bonds. The van der Waals surface area contributed by atoms with Gasteiger partial charge in [0.05, 0.1) is 16.7 Å². The van der Waals surface area contributed by atoms with E-state index in [1.54, 1.807) is 0 Å². The third kappa shape index (κ3) is 3.01. The molecule has 2 aromatic rings. The minimum absolute atomic E-state index is 0.0749. The number of ether oxygens (including phenoxy) is 1. The van der Waals surface area contributed by atoms with E-state index in [1.165, 1.54) is 5.56 Å². The quantitative estimate of drug-likeness (QED) is 0.668. The van der Waals surface area contributed by atoms with Gasteiger partial charge in [0.2, 0.25) is 0 Å². The lowest BCUT2D eigenvalue weighted by atomic mass is 9.89. The minimum atomic E-state index is 0.0749. The molecule has 3 N–H and O–H groups in total. The van der Waals surface area contributed by atoms with Crippen molar-refractivity contribution in [2.75, 3.05) is 6.61 Å². The van der Waals surface area contributed by atoms with Crippen molar-refractivity contribution in [2.24, 2.45) is 5.84 Å². The van der Waals surface area contributed by atoms with Crippen LogP contribution in [-0.2, 0) is 6.42 Å². The Morgan fingerprint density at radius 1 is 1.19 bits per heavy atom. The number of nitrogens with two attached hydrogens (primary N) is 1. The molecular weight excluding hydrogens is 307 g/mol. The van der Waals surface area contributed by atoms with Crippen LogP contribution in [0.2, 0.25) is 10.0 Å². The van der Waals surface area contributed by atoms with Crippen molar-refractivity contribution < 1.29 is 4.74 Å². The zero-order valence-corrected chi connectivity index (χ0v) is 12.9. The van der Waals surface area contributed by atoms with Gasteiger partial charge < -0.3 is 4.74 Å². The maximum atomic E-state index is 6.07. The molecule has 5 heteroatoms. The molecule has 2 aromatic carbocycles. The number of hydrogen-bond acceptors (Lipinski definition) is 3. The van der Waals surface area contributed by atoms with Crippen LogP contribution in [0, 0.1) is 0 Å². The van der Waals surface area contributed by atoms with Gasteiger partial charge in [0.25, 0.3) is 0 Å². The Bertz CT molecular complexity index is 648. The number of hydrogen-bond donors (Lipinski definition) is 2. The predicted molar refractivity (Wildman–Crippen MR) is 86.0 cm³/mol. The first-order valence-electron chi connectivity index (χ1n) is 6.81. The van der Waals surface area contributed by atoms with E-state index in [2.05, 4.69) is 11.5 Å². The van der Waals surface area contributed by atoms with Crippen LogP contribution in [0.4, 0.5) is 0 Å². The molecule has 1 aliphatic heterocycles. The van der Waals surface area contributed by atoms with Crippen molar-refractivity contribution in [3.8, 4) is 5.75 Å². The SMILES string of the molecule is NNC(Cc1ccc(Cl)c(Cl)c1)C1COc2ccccc21. The molecule has 0 radical (unpaired) electrons. The monoisotopic (exact) mass is 322 g/mol. The molecule has 0 aliphatic carbocycles. The normalized spacial score (nSPS) is 18.1. The maximum Gasteiger partial charge on any atom is 0.122 e. The average Bonchev–Trinajstić information content (AvgIpc) is 2.92. The molecule has 0 aromatic heterocycles. The maximum absolute atomic E-state index is 6.07. The van der Waals surface area contributed by atoms with Gasteiger partial charge >= 0.3 is 0 Å². The van der Waals surface area contributed by atoms with E-state index in [0.29, 0.717) is 16.7 Å². The number of fused-ring (bicyclic) bond motifs is 1. The molecule has 0 spiro atoms. The lowest BCUT2D eigenvalue weighted by Gasteiger charge is -2.22. The minimum Gasteiger partial charge on any atom is -0.493 e. The van der Waals surface area contributed by atoms with Crippen LogP contribution in [-0.4, -0.2) is 12.6 Å². The van der Waals surface area contributed by atoms with Gasteiger partial charge in [-0.05, 0) is 30.2 Å². The van der Waals surface area contributed by atoms with Crippen molar-refractivity contribution in [1.29, 1.82) is 0 Å². The first-order valence-corrected chi connectivity index (χ1v) is 7.56. The molecule has 110 valence electrons. The van der Waals surface area contributed by atoms with Crippen LogP contribution in [0.15, 0.2) is 42.5 Å². The van der Waals surface area contributed by atoms with Gasteiger partial charge in [0.15, 0.2) is 0 Å². The highest BCUT2D eigenvalue weighted by atomic mass is 35.5. The van der Waals surface area contributed by atoms with E-state index < -0.39 is 0 Å². The summed E-state index contributed by atoms with van der Waals surface area (Å²) in [6, 6.07) is 13.8. The third-order valence-corrected chi connectivity index (χ3v) is 4.62. The summed E-state index contributed by atoms with van der Waals surface area (Å²) >= 11 is 12.0. The highest BCUT2D eigenvalue weighted by Crippen LogP contribution is 2.36. The van der Waals surface area contributed by atoms with Gasteiger partial charge in [-0.15, -0.1) is 0 Å². The average molecular weight is 323 g/mol. The summed E-state index contributed by atoms with van der Waals surface area (Å²) in [6.07, 6.45) is 0.760. The van der Waals surface area contributed by atoms with Crippen LogP contribution in [0.1, 0.15) is 17.0 Å². The fourth-order valence-corrected chi connectivity index (χ4v) is 3.08. The highest BCUT2D eigenvalue weighted by Gasteiger charge is 2.30. The largest absolute Gasteiger partial charge is 0.493 e. The van der Waals surface area contributed by atoms with Crippen LogP contribution in [0.5, 0.6) is 5.75 Å². The van der Waals surface area contributed by atoms with Gasteiger partial charge in [0, 0.05) is 17.5 Å². The van der Waals surface area contributed by atoms with Crippen LogP contribution in [0.25, 0.3) is 0 Å². The van der Waals surface area contributed by atoms with Gasteiger partial charge in [-0.3, -0.25) is 11.3 Å². The Kier molecular flexibility index (Phi) is 4.36. The number of nitrogens with one attached hydrogen (secondary N) is 1. The fourth-order valence-electron chi connectivity index (χ4n) is 2.76. The third-order valence-electron chi connectivity index (χ3n) is 3.88. The second kappa shape index (κ2) is 6.24. The van der Waals surface area contributed by atoms with Crippen LogP contribution < -0.4 is 16.0 Å². The molecule has 0 fully saturated rings. The Morgan fingerprint density at radius 2 is 2.00 bits per heavy atom. The molecule has 0 bridgehead atoms. The second-order valence-electron chi connectivity index (χ2n) is 5.18. The molecule has 1 heterocycles. The summed E-state index contributed by atoms with van der Waals surface area (Å²) in [5.74, 6) is 6.93. The van der Waals surface area contributed by atoms with Crippen LogP contribution >= 0.6 is 23.2 Å². The van der Waals surface area contributed by atoms with Crippen molar-refractivity contribution in [2.45, 2.75) is 18.4 Å². The van der Waals surface area contributed by atoms with E-state index in [0.717, 1.165) is 17.7 Å². The zero-order chi connectivity index (χ0) is 14.8. The molecular formula is C16H16Cl2N2O. The lowest BCUT2D eigenvalue weighted by molar-refractivity contribution is 0.297. The highest BCUT2D eigenvalue weighted by molar-refractivity contribution is 6.42. The summed E-state index contributed by atoms with van der Waals surface area (Å²) in [7, 11) is 0. The Morgan fingerprint density at radius 3 is 2.76 bits per heavy atom. The summed E-state index contributed by atoms with van der Waals surface area (Å²) in [5, 5.41) is 1.13. The lowest BCUT2D eigenvalue weighted by Crippen LogP contribution is -2.42. The summed E-state index contributed by atoms with van der Waals surface area (Å²) in [4.78, 5) is 0. The van der Waals surface area contributed by atoms with E-state index in [-0.39, 0.29) is 12.0 Å². The first kappa shape index (κ1) is 14.7. The number of benzene rings is 2. The van der Waals surface area contributed by atoms with Crippen molar-refractivity contribution in [3.05, 3.63) is 63.6 Å². The van der Waals surface area contributed by atoms with Gasteiger partial charge in [-0.1, -0.05) is 47.5 Å². The Hall–Kier alpha value is -1.26. The van der Waals surface area contributed by atoms with Gasteiger partial charge in [-0.25, -0.2) is 0 Å². The Balaban J connectivity index is 1.81. The fraction of sp³-hybridized carbons (Fsp3) is 0.250. The topological polar surface area (TPSA) is 47.3 Å². The van der Waals surface area contributed by atoms with Crippen molar-refractivity contribution in [1.82, 2.24) is 5.43 Å². The number of halogens is 2. The molecule has 2 unspecified atom stereocenters. The number of hydrazine groups is 1. The van der Waals surface area contributed by atoms with Crippen molar-refractivity contribution in [3.63, 3.8) is 0 Å². The molecule has 2 atom stereocenters.